The molecule has 19 heavy (non-hydrogen) atoms. The van der Waals surface area contributed by atoms with Gasteiger partial charge in [-0.2, -0.15) is 0 Å². The molecule has 1 aromatic carbocycles. The van der Waals surface area contributed by atoms with Gasteiger partial charge in [0.15, 0.2) is 9.84 Å². The molecule has 5 nitrogen and oxygen atoms in total. The molecule has 1 aliphatic heterocycles. The molecule has 0 radical (unpaired) electrons. The number of primary amides is 1. The lowest BCUT2D eigenvalue weighted by Crippen LogP contribution is -2.27. The lowest BCUT2D eigenvalue weighted by Gasteiger charge is -2.18. The molecule has 1 aromatic rings. The van der Waals surface area contributed by atoms with E-state index < -0.39 is 9.84 Å². The van der Waals surface area contributed by atoms with E-state index in [1.165, 1.54) is 0 Å². The Morgan fingerprint density at radius 3 is 2.47 bits per heavy atom. The van der Waals surface area contributed by atoms with Crippen molar-refractivity contribution in [2.45, 2.75) is 18.2 Å². The molecule has 0 bridgehead atoms. The first kappa shape index (κ1) is 13.9. The van der Waals surface area contributed by atoms with E-state index in [0.717, 1.165) is 18.7 Å². The molecule has 1 atom stereocenters. The van der Waals surface area contributed by atoms with Gasteiger partial charge in [0.05, 0.1) is 16.6 Å². The van der Waals surface area contributed by atoms with Crippen LogP contribution in [0.25, 0.3) is 0 Å². The average Bonchev–Trinajstić information content (AvgIpc) is 2.88. The van der Waals surface area contributed by atoms with Crippen molar-refractivity contribution in [2.75, 3.05) is 23.7 Å². The number of rotatable bonds is 4. The first-order chi connectivity index (χ1) is 8.94. The smallest absolute Gasteiger partial charge is 0.222 e. The van der Waals surface area contributed by atoms with Crippen LogP contribution in [-0.4, -0.2) is 33.2 Å². The summed E-state index contributed by atoms with van der Waals surface area (Å²) in [6, 6.07) is 6.80. The lowest BCUT2D eigenvalue weighted by molar-refractivity contribution is -0.121. The number of carbonyl (C=O) groups excluding carboxylic acids is 1. The van der Waals surface area contributed by atoms with E-state index in [4.69, 9.17) is 5.73 Å². The van der Waals surface area contributed by atoms with Crippen molar-refractivity contribution in [3.8, 4) is 0 Å². The number of amides is 1. The molecule has 6 heteroatoms. The predicted octanol–water partition coefficient (Wildman–Crippen LogP) is 0.792. The molecule has 1 aliphatic rings. The largest absolute Gasteiger partial charge is 0.371 e. The van der Waals surface area contributed by atoms with Gasteiger partial charge in [0.1, 0.15) is 0 Å². The maximum Gasteiger partial charge on any atom is 0.222 e. The first-order valence-corrected chi connectivity index (χ1v) is 7.96. The maximum absolute atomic E-state index is 11.7. The minimum absolute atomic E-state index is 0.0970. The number of hydrogen-bond acceptors (Lipinski definition) is 4. The highest BCUT2D eigenvalue weighted by atomic mass is 32.2. The Balaban J connectivity index is 2.14. The molecule has 1 unspecified atom stereocenters. The van der Waals surface area contributed by atoms with Crippen molar-refractivity contribution in [1.82, 2.24) is 0 Å². The Hall–Kier alpha value is -1.56. The van der Waals surface area contributed by atoms with Crippen molar-refractivity contribution >= 4 is 21.4 Å². The van der Waals surface area contributed by atoms with Gasteiger partial charge in [0.2, 0.25) is 5.91 Å². The van der Waals surface area contributed by atoms with Crippen LogP contribution in [0.1, 0.15) is 13.3 Å². The Labute approximate surface area is 113 Å². The van der Waals surface area contributed by atoms with Crippen LogP contribution in [-0.2, 0) is 14.6 Å². The summed E-state index contributed by atoms with van der Waals surface area (Å²) in [5.41, 5.74) is 6.22. The molecule has 0 saturated carbocycles. The van der Waals surface area contributed by atoms with Gasteiger partial charge in [0, 0.05) is 18.8 Å². The van der Waals surface area contributed by atoms with Gasteiger partial charge >= 0.3 is 0 Å². The van der Waals surface area contributed by atoms with Crippen LogP contribution in [0.2, 0.25) is 0 Å². The van der Waals surface area contributed by atoms with E-state index >= 15 is 0 Å². The molecule has 0 aliphatic carbocycles. The topological polar surface area (TPSA) is 80.5 Å². The van der Waals surface area contributed by atoms with Gasteiger partial charge in [-0.3, -0.25) is 4.79 Å². The van der Waals surface area contributed by atoms with Gasteiger partial charge in [-0.1, -0.05) is 6.92 Å². The van der Waals surface area contributed by atoms with Crippen LogP contribution in [0.3, 0.4) is 0 Å². The van der Waals surface area contributed by atoms with E-state index in [-0.39, 0.29) is 17.6 Å². The first-order valence-electron chi connectivity index (χ1n) is 6.31. The Bertz CT molecular complexity index is 566. The van der Waals surface area contributed by atoms with Crippen molar-refractivity contribution in [2.24, 2.45) is 11.7 Å². The van der Waals surface area contributed by atoms with Gasteiger partial charge in [-0.25, -0.2) is 8.42 Å². The molecule has 1 saturated heterocycles. The van der Waals surface area contributed by atoms with Crippen LogP contribution >= 0.6 is 0 Å². The van der Waals surface area contributed by atoms with Crippen LogP contribution in [0.5, 0.6) is 0 Å². The zero-order valence-electron chi connectivity index (χ0n) is 10.9. The number of nitrogens with two attached hydrogens (primary N) is 1. The second-order valence-electron chi connectivity index (χ2n) is 4.73. The fraction of sp³-hybridized carbons (Fsp3) is 0.462. The summed E-state index contributed by atoms with van der Waals surface area (Å²) in [6.45, 7) is 3.00. The summed E-state index contributed by atoms with van der Waals surface area (Å²) in [7, 11) is -3.16. The summed E-state index contributed by atoms with van der Waals surface area (Å²) in [6.07, 6.45) is 0.754. The van der Waals surface area contributed by atoms with Gasteiger partial charge in [0.25, 0.3) is 0 Å². The standard InChI is InChI=1S/C13H18N2O3S/c1-2-19(17,18)12-5-3-11(4-6-12)15-8-7-10(9-15)13(14)16/h3-6,10H,2,7-9H2,1H3,(H2,14,16). The molecular weight excluding hydrogens is 264 g/mol. The summed E-state index contributed by atoms with van der Waals surface area (Å²) < 4.78 is 23.4. The molecule has 1 fully saturated rings. The lowest BCUT2D eigenvalue weighted by atomic mass is 10.1. The highest BCUT2D eigenvalue weighted by molar-refractivity contribution is 7.91. The zero-order chi connectivity index (χ0) is 14.0. The monoisotopic (exact) mass is 282 g/mol. The second-order valence-corrected chi connectivity index (χ2v) is 7.01. The minimum Gasteiger partial charge on any atom is -0.371 e. The predicted molar refractivity (Wildman–Crippen MR) is 73.7 cm³/mol. The molecule has 0 spiro atoms. The summed E-state index contributed by atoms with van der Waals surface area (Å²) in [5.74, 6) is -0.286. The number of sulfone groups is 1. The molecule has 2 rings (SSSR count). The molecule has 104 valence electrons. The molecule has 1 amide bonds. The normalized spacial score (nSPS) is 19.6. The molecule has 1 heterocycles. The second kappa shape index (κ2) is 5.21. The number of benzene rings is 1. The fourth-order valence-electron chi connectivity index (χ4n) is 2.26. The van der Waals surface area contributed by atoms with Crippen molar-refractivity contribution in [3.05, 3.63) is 24.3 Å². The van der Waals surface area contributed by atoms with Gasteiger partial charge < -0.3 is 10.6 Å². The van der Waals surface area contributed by atoms with Crippen LogP contribution in [0.4, 0.5) is 5.69 Å². The zero-order valence-corrected chi connectivity index (χ0v) is 11.7. The molecule has 0 aromatic heterocycles. The van der Waals surface area contributed by atoms with Gasteiger partial charge in [-0.15, -0.1) is 0 Å². The van der Waals surface area contributed by atoms with Crippen molar-refractivity contribution in [1.29, 1.82) is 0 Å². The highest BCUT2D eigenvalue weighted by Gasteiger charge is 2.26. The summed E-state index contributed by atoms with van der Waals surface area (Å²) >= 11 is 0. The Morgan fingerprint density at radius 2 is 2.00 bits per heavy atom. The van der Waals surface area contributed by atoms with E-state index in [1.807, 2.05) is 0 Å². The van der Waals surface area contributed by atoms with E-state index in [9.17, 15) is 13.2 Å². The third kappa shape index (κ3) is 2.89. The number of nitrogens with zero attached hydrogens (tertiary/aromatic N) is 1. The number of hydrogen-bond donors (Lipinski definition) is 1. The summed E-state index contributed by atoms with van der Waals surface area (Å²) in [5, 5.41) is 0. The van der Waals surface area contributed by atoms with Crippen LogP contribution < -0.4 is 10.6 Å². The van der Waals surface area contributed by atoms with Gasteiger partial charge in [-0.05, 0) is 30.7 Å². The Kier molecular flexibility index (Phi) is 3.80. The third-order valence-electron chi connectivity index (χ3n) is 3.53. The van der Waals surface area contributed by atoms with Crippen molar-refractivity contribution < 1.29 is 13.2 Å². The third-order valence-corrected chi connectivity index (χ3v) is 5.28. The van der Waals surface area contributed by atoms with Crippen molar-refractivity contribution in [3.63, 3.8) is 0 Å². The minimum atomic E-state index is -3.16. The Morgan fingerprint density at radius 1 is 1.37 bits per heavy atom. The average molecular weight is 282 g/mol. The number of carbonyl (C=O) groups is 1. The highest BCUT2D eigenvalue weighted by Crippen LogP contribution is 2.25. The fourth-order valence-corrected chi connectivity index (χ4v) is 3.14. The number of anilines is 1. The summed E-state index contributed by atoms with van der Waals surface area (Å²) in [4.78, 5) is 13.5. The SMILES string of the molecule is CCS(=O)(=O)c1ccc(N2CCC(C(N)=O)C2)cc1. The van der Waals surface area contributed by atoms with Crippen LogP contribution in [0.15, 0.2) is 29.2 Å². The quantitative estimate of drug-likeness (QED) is 0.885. The molecule has 2 N–H and O–H groups in total. The molecular formula is C13H18N2O3S. The van der Waals surface area contributed by atoms with E-state index in [2.05, 4.69) is 4.90 Å². The van der Waals surface area contributed by atoms with E-state index in [1.54, 1.807) is 31.2 Å². The maximum atomic E-state index is 11.7. The van der Waals surface area contributed by atoms with Crippen LogP contribution in [0, 0.1) is 5.92 Å². The van der Waals surface area contributed by atoms with E-state index in [0.29, 0.717) is 11.4 Å².